The molecule has 148 valence electrons. The van der Waals surface area contributed by atoms with Gasteiger partial charge in [-0.25, -0.2) is 0 Å². The van der Waals surface area contributed by atoms with Gasteiger partial charge in [-0.2, -0.15) is 0 Å². The Morgan fingerprint density at radius 3 is 2.00 bits per heavy atom. The molecule has 0 aromatic heterocycles. The van der Waals surface area contributed by atoms with Gasteiger partial charge < -0.3 is 10.1 Å². The molecule has 1 aliphatic rings. The second-order valence-electron chi connectivity index (χ2n) is 7.28. The summed E-state index contributed by atoms with van der Waals surface area (Å²) in [5.74, 6) is -0.306. The van der Waals surface area contributed by atoms with Gasteiger partial charge in [-0.1, -0.05) is 60.7 Å². The standard InChI is InChI=1S/C23H29N3O2/c1-19(24)18-22(27)28-17-16-25-12-14-26(15-13-25)23(20-8-4-2-5-9-20)21-10-6-3-7-11-21/h2-11,23-24H,12-18H2,1H3. The number of esters is 1. The van der Waals surface area contributed by atoms with E-state index in [9.17, 15) is 4.79 Å². The topological polar surface area (TPSA) is 56.6 Å². The van der Waals surface area contributed by atoms with Crippen molar-refractivity contribution in [2.45, 2.75) is 19.4 Å². The predicted molar refractivity (Wildman–Crippen MR) is 112 cm³/mol. The molecule has 0 amide bonds. The normalized spacial score (nSPS) is 15.5. The molecule has 0 radical (unpaired) electrons. The SMILES string of the molecule is CC(=N)CC(=O)OCCN1CCN(C(c2ccccc2)c2ccccc2)CC1. The summed E-state index contributed by atoms with van der Waals surface area (Å²) in [6.45, 7) is 6.62. The van der Waals surface area contributed by atoms with Gasteiger partial charge in [-0.15, -0.1) is 0 Å². The van der Waals surface area contributed by atoms with Crippen LogP contribution in [0, 0.1) is 5.41 Å². The van der Waals surface area contributed by atoms with Gasteiger partial charge in [0, 0.05) is 38.4 Å². The monoisotopic (exact) mass is 379 g/mol. The maximum absolute atomic E-state index is 11.6. The van der Waals surface area contributed by atoms with Crippen molar-refractivity contribution in [1.29, 1.82) is 5.41 Å². The van der Waals surface area contributed by atoms with Gasteiger partial charge in [0.25, 0.3) is 0 Å². The van der Waals surface area contributed by atoms with Gasteiger partial charge >= 0.3 is 5.97 Å². The molecular formula is C23H29N3O2. The van der Waals surface area contributed by atoms with Crippen molar-refractivity contribution in [2.75, 3.05) is 39.3 Å². The first kappa shape index (κ1) is 20.2. The molecule has 1 fully saturated rings. The zero-order chi connectivity index (χ0) is 19.8. The van der Waals surface area contributed by atoms with E-state index in [-0.39, 0.29) is 18.4 Å². The summed E-state index contributed by atoms with van der Waals surface area (Å²) in [7, 11) is 0. The number of hydrogen-bond donors (Lipinski definition) is 1. The van der Waals surface area contributed by atoms with Gasteiger partial charge in [0.05, 0.1) is 12.5 Å². The third-order valence-corrected chi connectivity index (χ3v) is 5.08. The zero-order valence-corrected chi connectivity index (χ0v) is 16.5. The van der Waals surface area contributed by atoms with E-state index in [1.807, 2.05) is 0 Å². The van der Waals surface area contributed by atoms with E-state index in [4.69, 9.17) is 10.1 Å². The summed E-state index contributed by atoms with van der Waals surface area (Å²) >= 11 is 0. The predicted octanol–water partition coefficient (Wildman–Crippen LogP) is 3.37. The van der Waals surface area contributed by atoms with Gasteiger partial charge in [-0.3, -0.25) is 14.6 Å². The number of nitrogens with one attached hydrogen (secondary N) is 1. The van der Waals surface area contributed by atoms with Crippen molar-refractivity contribution in [3.8, 4) is 0 Å². The number of benzene rings is 2. The van der Waals surface area contributed by atoms with E-state index in [0.29, 0.717) is 12.3 Å². The second-order valence-corrected chi connectivity index (χ2v) is 7.28. The molecule has 5 nitrogen and oxygen atoms in total. The summed E-state index contributed by atoms with van der Waals surface area (Å²) in [5.41, 5.74) is 2.97. The van der Waals surface area contributed by atoms with Crippen molar-refractivity contribution in [3.05, 3.63) is 71.8 Å². The minimum Gasteiger partial charge on any atom is -0.464 e. The van der Waals surface area contributed by atoms with Crippen LogP contribution in [0.1, 0.15) is 30.5 Å². The fraction of sp³-hybridized carbons (Fsp3) is 0.391. The maximum atomic E-state index is 11.6. The first-order valence-corrected chi connectivity index (χ1v) is 9.89. The van der Waals surface area contributed by atoms with Crippen LogP contribution in [-0.2, 0) is 9.53 Å². The molecule has 0 spiro atoms. The Hall–Kier alpha value is -2.50. The number of piperazine rings is 1. The smallest absolute Gasteiger partial charge is 0.311 e. The Kier molecular flexibility index (Phi) is 7.34. The Balaban J connectivity index is 1.56. The molecule has 1 aliphatic heterocycles. The highest BCUT2D eigenvalue weighted by Gasteiger charge is 2.26. The van der Waals surface area contributed by atoms with Crippen molar-refractivity contribution in [1.82, 2.24) is 9.80 Å². The second kappa shape index (κ2) is 10.2. The first-order chi connectivity index (χ1) is 13.6. The largest absolute Gasteiger partial charge is 0.464 e. The molecule has 2 aromatic carbocycles. The molecule has 28 heavy (non-hydrogen) atoms. The van der Waals surface area contributed by atoms with E-state index in [2.05, 4.69) is 70.5 Å². The van der Waals surface area contributed by atoms with Crippen LogP contribution in [0.2, 0.25) is 0 Å². The Morgan fingerprint density at radius 1 is 0.964 bits per heavy atom. The lowest BCUT2D eigenvalue weighted by Crippen LogP contribution is -2.48. The molecule has 2 aromatic rings. The molecule has 0 aliphatic carbocycles. The first-order valence-electron chi connectivity index (χ1n) is 9.89. The third-order valence-electron chi connectivity index (χ3n) is 5.08. The molecule has 1 saturated heterocycles. The minimum atomic E-state index is -0.306. The van der Waals surface area contributed by atoms with Gasteiger partial charge in [0.2, 0.25) is 0 Å². The van der Waals surface area contributed by atoms with Crippen molar-refractivity contribution in [2.24, 2.45) is 0 Å². The average Bonchev–Trinajstić information content (AvgIpc) is 2.70. The summed E-state index contributed by atoms with van der Waals surface area (Å²) in [4.78, 5) is 16.4. The lowest BCUT2D eigenvalue weighted by atomic mass is 9.96. The average molecular weight is 380 g/mol. The quantitative estimate of drug-likeness (QED) is 0.564. The van der Waals surface area contributed by atoms with Crippen LogP contribution in [0.25, 0.3) is 0 Å². The number of ether oxygens (including phenoxy) is 1. The minimum absolute atomic E-state index is 0.0869. The molecule has 3 rings (SSSR count). The molecule has 5 heteroatoms. The van der Waals surface area contributed by atoms with Crippen LogP contribution in [0.5, 0.6) is 0 Å². The van der Waals surface area contributed by atoms with Crippen molar-refractivity contribution < 1.29 is 9.53 Å². The number of rotatable bonds is 8. The van der Waals surface area contributed by atoms with Gasteiger partial charge in [0.1, 0.15) is 6.61 Å². The summed E-state index contributed by atoms with van der Waals surface area (Å²) in [6.07, 6.45) is 0.0869. The maximum Gasteiger partial charge on any atom is 0.311 e. The van der Waals surface area contributed by atoms with Crippen LogP contribution in [0.15, 0.2) is 60.7 Å². The summed E-state index contributed by atoms with van der Waals surface area (Å²) in [5, 5.41) is 7.34. The number of nitrogens with zero attached hydrogens (tertiary/aromatic N) is 2. The number of carbonyl (C=O) groups excluding carboxylic acids is 1. The highest BCUT2D eigenvalue weighted by atomic mass is 16.5. The van der Waals surface area contributed by atoms with E-state index in [0.717, 1.165) is 32.7 Å². The molecule has 0 unspecified atom stereocenters. The lowest BCUT2D eigenvalue weighted by molar-refractivity contribution is -0.142. The molecular weight excluding hydrogens is 350 g/mol. The number of hydrogen-bond acceptors (Lipinski definition) is 5. The van der Waals surface area contributed by atoms with Gasteiger partial charge in [-0.05, 0) is 18.1 Å². The van der Waals surface area contributed by atoms with E-state index in [1.165, 1.54) is 11.1 Å². The van der Waals surface area contributed by atoms with Crippen LogP contribution in [0.4, 0.5) is 0 Å². The Labute approximate surface area is 167 Å². The van der Waals surface area contributed by atoms with Crippen LogP contribution in [0.3, 0.4) is 0 Å². The van der Waals surface area contributed by atoms with E-state index >= 15 is 0 Å². The Bertz CT molecular complexity index is 716. The van der Waals surface area contributed by atoms with Crippen LogP contribution >= 0.6 is 0 Å². The van der Waals surface area contributed by atoms with Crippen molar-refractivity contribution in [3.63, 3.8) is 0 Å². The van der Waals surface area contributed by atoms with Crippen molar-refractivity contribution >= 4 is 11.7 Å². The van der Waals surface area contributed by atoms with E-state index < -0.39 is 0 Å². The molecule has 0 saturated carbocycles. The van der Waals surface area contributed by atoms with Gasteiger partial charge in [0.15, 0.2) is 0 Å². The summed E-state index contributed by atoms with van der Waals surface area (Å²) in [6, 6.07) is 21.6. The van der Waals surface area contributed by atoms with E-state index in [1.54, 1.807) is 6.92 Å². The Morgan fingerprint density at radius 2 is 1.50 bits per heavy atom. The van der Waals surface area contributed by atoms with Crippen LogP contribution in [-0.4, -0.2) is 60.8 Å². The number of carbonyl (C=O) groups is 1. The fourth-order valence-corrected chi connectivity index (χ4v) is 3.69. The molecule has 0 bridgehead atoms. The molecule has 0 atom stereocenters. The fourth-order valence-electron chi connectivity index (χ4n) is 3.69. The zero-order valence-electron chi connectivity index (χ0n) is 16.5. The highest BCUT2D eigenvalue weighted by molar-refractivity contribution is 5.95. The molecule has 1 heterocycles. The summed E-state index contributed by atoms with van der Waals surface area (Å²) < 4.78 is 5.23. The van der Waals surface area contributed by atoms with Crippen LogP contribution < -0.4 is 0 Å². The highest BCUT2D eigenvalue weighted by Crippen LogP contribution is 2.29. The molecule has 1 N–H and O–H groups in total. The lowest BCUT2D eigenvalue weighted by Gasteiger charge is -2.39. The third kappa shape index (κ3) is 5.75.